The first-order valence-corrected chi connectivity index (χ1v) is 12.2. The van der Waals surface area contributed by atoms with Crippen LogP contribution in [-0.2, 0) is 19.3 Å². The summed E-state index contributed by atoms with van der Waals surface area (Å²) in [6, 6.07) is 3.03. The van der Waals surface area contributed by atoms with E-state index < -0.39 is 20.5 Å². The molecule has 2 aliphatic rings. The minimum Gasteiger partial charge on any atom is -0.486 e. The van der Waals surface area contributed by atoms with E-state index in [1.807, 2.05) is 6.92 Å². The van der Waals surface area contributed by atoms with E-state index >= 15 is 0 Å². The third-order valence-corrected chi connectivity index (χ3v) is 8.31. The maximum Gasteiger partial charge on any atom is 0.213 e. The SMILES string of the molecule is C[C@@H]1COCC2COc3c(nc(-c4cc5cc(F)ncc5[nH]4)nc3C(C)(C)S(C)(=O)=O)N21. The summed E-state index contributed by atoms with van der Waals surface area (Å²) in [7, 11) is -3.54. The highest BCUT2D eigenvalue weighted by Crippen LogP contribution is 2.44. The van der Waals surface area contributed by atoms with Gasteiger partial charge in [0.15, 0.2) is 27.2 Å². The molecule has 0 bridgehead atoms. The summed E-state index contributed by atoms with van der Waals surface area (Å²) < 4.78 is 49.4. The molecule has 1 fully saturated rings. The van der Waals surface area contributed by atoms with Crippen LogP contribution >= 0.6 is 0 Å². The molecule has 5 rings (SSSR count). The first kappa shape index (κ1) is 21.1. The molecule has 11 heteroatoms. The molecular formula is C21H24FN5O4S. The van der Waals surface area contributed by atoms with Gasteiger partial charge in [-0.25, -0.2) is 23.4 Å². The highest BCUT2D eigenvalue weighted by molar-refractivity contribution is 7.91. The second kappa shape index (κ2) is 7.11. The number of ether oxygens (including phenoxy) is 2. The number of morpholine rings is 1. The number of anilines is 1. The van der Waals surface area contributed by atoms with Crippen molar-refractivity contribution >= 4 is 26.6 Å². The molecule has 3 aromatic heterocycles. The fourth-order valence-corrected chi connectivity index (χ4v) is 4.65. The lowest BCUT2D eigenvalue weighted by molar-refractivity contribution is 0.0482. The Morgan fingerprint density at radius 3 is 2.75 bits per heavy atom. The molecule has 1 saturated heterocycles. The zero-order valence-corrected chi connectivity index (χ0v) is 19.0. The highest BCUT2D eigenvalue weighted by atomic mass is 32.2. The van der Waals surface area contributed by atoms with Crippen molar-refractivity contribution in [1.82, 2.24) is 19.9 Å². The van der Waals surface area contributed by atoms with Gasteiger partial charge in [-0.15, -0.1) is 0 Å². The Labute approximate surface area is 184 Å². The second-order valence-electron chi connectivity index (χ2n) is 8.87. The van der Waals surface area contributed by atoms with Crippen molar-refractivity contribution in [2.45, 2.75) is 37.6 Å². The van der Waals surface area contributed by atoms with Gasteiger partial charge in [-0.05, 0) is 26.8 Å². The molecule has 0 saturated carbocycles. The maximum atomic E-state index is 13.6. The zero-order valence-electron chi connectivity index (χ0n) is 18.2. The molecule has 0 radical (unpaired) electrons. The molecule has 0 amide bonds. The Kier molecular flexibility index (Phi) is 4.68. The van der Waals surface area contributed by atoms with Crippen molar-refractivity contribution in [3.8, 4) is 17.3 Å². The van der Waals surface area contributed by atoms with Gasteiger partial charge < -0.3 is 19.4 Å². The normalized spacial score (nSPS) is 21.2. The minimum atomic E-state index is -3.54. The van der Waals surface area contributed by atoms with Crippen LogP contribution in [0, 0.1) is 5.95 Å². The number of nitrogens with zero attached hydrogens (tertiary/aromatic N) is 4. The molecule has 1 unspecified atom stereocenters. The van der Waals surface area contributed by atoms with Crippen molar-refractivity contribution in [1.29, 1.82) is 0 Å². The minimum absolute atomic E-state index is 0.0226. The summed E-state index contributed by atoms with van der Waals surface area (Å²) in [5.74, 6) is 0.622. The average molecular weight is 462 g/mol. The molecule has 3 aromatic rings. The van der Waals surface area contributed by atoms with Gasteiger partial charge in [0.1, 0.15) is 17.0 Å². The van der Waals surface area contributed by atoms with Crippen LogP contribution in [0.15, 0.2) is 18.3 Å². The Balaban J connectivity index is 1.76. The smallest absolute Gasteiger partial charge is 0.213 e. The molecular weight excluding hydrogens is 437 g/mol. The highest BCUT2D eigenvalue weighted by Gasteiger charge is 2.44. The predicted molar refractivity (Wildman–Crippen MR) is 117 cm³/mol. The molecule has 170 valence electrons. The Hall–Kier alpha value is -2.79. The molecule has 32 heavy (non-hydrogen) atoms. The van der Waals surface area contributed by atoms with Crippen LogP contribution in [0.3, 0.4) is 0 Å². The Morgan fingerprint density at radius 2 is 2.00 bits per heavy atom. The summed E-state index contributed by atoms with van der Waals surface area (Å²) in [5.41, 5.74) is 1.45. The number of hydrogen-bond acceptors (Lipinski definition) is 8. The van der Waals surface area contributed by atoms with E-state index in [1.165, 1.54) is 18.5 Å². The van der Waals surface area contributed by atoms with Gasteiger partial charge in [-0.2, -0.15) is 4.39 Å². The predicted octanol–water partition coefficient (Wildman–Crippen LogP) is 2.42. The van der Waals surface area contributed by atoms with E-state index in [0.717, 1.165) is 0 Å². The third-order valence-electron chi connectivity index (χ3n) is 6.26. The quantitative estimate of drug-likeness (QED) is 0.592. The van der Waals surface area contributed by atoms with Crippen molar-refractivity contribution in [2.24, 2.45) is 0 Å². The monoisotopic (exact) mass is 461 g/mol. The molecule has 5 heterocycles. The van der Waals surface area contributed by atoms with Crippen LogP contribution in [-0.4, -0.2) is 66.5 Å². The standard InChI is InChI=1S/C21H24FN5O4S/c1-11-8-30-9-13-10-31-17-18(21(2,3)32(4,28)29)25-19(26-20(17)27(11)13)14-5-12-6-16(22)23-7-15(12)24-14/h5-7,11,13,24H,8-10H2,1-4H3/t11-,13?/m1/s1. The van der Waals surface area contributed by atoms with E-state index in [4.69, 9.17) is 14.5 Å². The van der Waals surface area contributed by atoms with Crippen molar-refractivity contribution in [3.05, 3.63) is 30.0 Å². The van der Waals surface area contributed by atoms with E-state index in [1.54, 1.807) is 19.9 Å². The molecule has 0 aromatic carbocycles. The maximum absolute atomic E-state index is 13.6. The summed E-state index contributed by atoms with van der Waals surface area (Å²) in [6.07, 6.45) is 2.58. The van der Waals surface area contributed by atoms with E-state index in [-0.39, 0.29) is 12.1 Å². The summed E-state index contributed by atoms with van der Waals surface area (Å²) in [6.45, 7) is 6.61. The fraction of sp³-hybridized carbons (Fsp3) is 0.476. The van der Waals surface area contributed by atoms with Crippen molar-refractivity contribution < 1.29 is 22.3 Å². The van der Waals surface area contributed by atoms with Gasteiger partial charge >= 0.3 is 0 Å². The lowest BCUT2D eigenvalue weighted by atomic mass is 10.0. The third kappa shape index (κ3) is 3.22. The first-order chi connectivity index (χ1) is 15.1. The largest absolute Gasteiger partial charge is 0.486 e. The lowest BCUT2D eigenvalue weighted by Crippen LogP contribution is -2.56. The van der Waals surface area contributed by atoms with Crippen molar-refractivity contribution in [3.63, 3.8) is 0 Å². The number of nitrogens with one attached hydrogen (secondary N) is 1. The van der Waals surface area contributed by atoms with Crippen LogP contribution in [0.4, 0.5) is 10.2 Å². The van der Waals surface area contributed by atoms with Gasteiger partial charge in [0.25, 0.3) is 0 Å². The number of pyridine rings is 1. The number of H-pyrrole nitrogens is 1. The number of halogens is 1. The van der Waals surface area contributed by atoms with Gasteiger partial charge in [-0.3, -0.25) is 0 Å². The Bertz CT molecular complexity index is 1320. The van der Waals surface area contributed by atoms with Crippen molar-refractivity contribution in [2.75, 3.05) is 31.0 Å². The summed E-state index contributed by atoms with van der Waals surface area (Å²) in [5, 5.41) is 0.617. The van der Waals surface area contributed by atoms with Crippen LogP contribution in [0.25, 0.3) is 22.4 Å². The van der Waals surface area contributed by atoms with Crippen LogP contribution in [0.2, 0.25) is 0 Å². The van der Waals surface area contributed by atoms with Crippen LogP contribution in [0.5, 0.6) is 5.75 Å². The number of hydrogen-bond donors (Lipinski definition) is 1. The van der Waals surface area contributed by atoms with Gasteiger partial charge in [0.2, 0.25) is 5.95 Å². The van der Waals surface area contributed by atoms with Crippen LogP contribution in [0.1, 0.15) is 26.5 Å². The zero-order chi connectivity index (χ0) is 22.8. The molecule has 2 atom stereocenters. The average Bonchev–Trinajstić information content (AvgIpc) is 3.15. The van der Waals surface area contributed by atoms with E-state index in [2.05, 4.69) is 19.9 Å². The summed E-state index contributed by atoms with van der Waals surface area (Å²) in [4.78, 5) is 18.4. The molecule has 0 aliphatic carbocycles. The van der Waals surface area contributed by atoms with Gasteiger partial charge in [0.05, 0.1) is 42.7 Å². The molecule has 2 aliphatic heterocycles. The number of fused-ring (bicyclic) bond motifs is 4. The molecule has 1 N–H and O–H groups in total. The second-order valence-corrected chi connectivity index (χ2v) is 11.4. The fourth-order valence-electron chi connectivity index (χ4n) is 4.16. The lowest BCUT2D eigenvalue weighted by Gasteiger charge is -2.45. The topological polar surface area (TPSA) is 110 Å². The number of aromatic nitrogens is 4. The van der Waals surface area contributed by atoms with Gasteiger partial charge in [-0.1, -0.05) is 0 Å². The van der Waals surface area contributed by atoms with E-state index in [0.29, 0.717) is 59.5 Å². The molecule has 9 nitrogen and oxygen atoms in total. The van der Waals surface area contributed by atoms with E-state index in [9.17, 15) is 12.8 Å². The van der Waals surface area contributed by atoms with Crippen LogP contribution < -0.4 is 9.64 Å². The number of sulfone groups is 1. The Morgan fingerprint density at radius 1 is 1.22 bits per heavy atom. The number of rotatable bonds is 3. The first-order valence-electron chi connectivity index (χ1n) is 10.3. The molecule has 0 spiro atoms. The number of aromatic amines is 1. The van der Waals surface area contributed by atoms with Gasteiger partial charge in [0, 0.05) is 17.7 Å². The summed E-state index contributed by atoms with van der Waals surface area (Å²) >= 11 is 0.